The number of hydrogen-bond donors (Lipinski definition) is 1. The van der Waals surface area contributed by atoms with Crippen molar-refractivity contribution in [2.24, 2.45) is 0 Å². The van der Waals surface area contributed by atoms with Crippen LogP contribution < -0.4 is 16.3 Å². The van der Waals surface area contributed by atoms with Crippen LogP contribution in [0.25, 0.3) is 11.0 Å². The average Bonchev–Trinajstić information content (AvgIpc) is 2.38. The summed E-state index contributed by atoms with van der Waals surface area (Å²) in [7, 11) is 0. The molecule has 0 aliphatic carbocycles. The third kappa shape index (κ3) is 1.93. The minimum absolute atomic E-state index is 0.352. The first-order valence-corrected chi connectivity index (χ1v) is 5.90. The van der Waals surface area contributed by atoms with E-state index in [4.69, 9.17) is 14.9 Å². The van der Waals surface area contributed by atoms with E-state index in [1.807, 2.05) is 12.1 Å². The summed E-state index contributed by atoms with van der Waals surface area (Å²) in [5.74, 6) is 0. The lowest BCUT2D eigenvalue weighted by molar-refractivity contribution is 0.123. The molecule has 1 aromatic heterocycles. The smallest absolute Gasteiger partial charge is 0.338 e. The highest BCUT2D eigenvalue weighted by atomic mass is 16.5. The first kappa shape index (κ1) is 11.1. The van der Waals surface area contributed by atoms with Crippen molar-refractivity contribution >= 4 is 22.3 Å². The van der Waals surface area contributed by atoms with Gasteiger partial charge in [0.25, 0.3) is 0 Å². The lowest BCUT2D eigenvalue weighted by atomic mass is 10.1. The summed E-state index contributed by atoms with van der Waals surface area (Å²) in [6, 6.07) is 6.91. The average molecular weight is 246 g/mol. The Morgan fingerprint density at radius 3 is 2.72 bits per heavy atom. The SMILES string of the molecule is Nc1ccc2c(N3CCOCC3)cc(=O)oc2c1. The molecule has 5 heteroatoms. The second-order valence-corrected chi connectivity index (χ2v) is 4.31. The van der Waals surface area contributed by atoms with E-state index >= 15 is 0 Å². The van der Waals surface area contributed by atoms with Gasteiger partial charge in [0.1, 0.15) is 5.58 Å². The second kappa shape index (κ2) is 4.34. The van der Waals surface area contributed by atoms with Crippen molar-refractivity contribution in [3.05, 3.63) is 34.7 Å². The van der Waals surface area contributed by atoms with E-state index in [1.165, 1.54) is 6.07 Å². The van der Waals surface area contributed by atoms with Gasteiger partial charge in [-0.2, -0.15) is 0 Å². The van der Waals surface area contributed by atoms with Crippen LogP contribution in [0.3, 0.4) is 0 Å². The van der Waals surface area contributed by atoms with Crippen LogP contribution in [-0.2, 0) is 4.74 Å². The highest BCUT2D eigenvalue weighted by molar-refractivity contribution is 5.91. The van der Waals surface area contributed by atoms with Gasteiger partial charge in [0, 0.05) is 36.3 Å². The minimum Gasteiger partial charge on any atom is -0.423 e. The Morgan fingerprint density at radius 2 is 1.94 bits per heavy atom. The van der Waals surface area contributed by atoms with Gasteiger partial charge in [-0.15, -0.1) is 0 Å². The van der Waals surface area contributed by atoms with Crippen molar-refractivity contribution in [2.75, 3.05) is 36.9 Å². The molecule has 0 amide bonds. The van der Waals surface area contributed by atoms with Crippen molar-refractivity contribution in [1.29, 1.82) is 0 Å². The second-order valence-electron chi connectivity index (χ2n) is 4.31. The fourth-order valence-corrected chi connectivity index (χ4v) is 2.23. The molecule has 1 aliphatic heterocycles. The van der Waals surface area contributed by atoms with Crippen LogP contribution in [0.15, 0.2) is 33.5 Å². The maximum absolute atomic E-state index is 11.6. The molecule has 0 atom stereocenters. The third-order valence-corrected chi connectivity index (χ3v) is 3.10. The molecule has 0 bridgehead atoms. The molecule has 1 saturated heterocycles. The number of anilines is 2. The molecule has 0 radical (unpaired) electrons. The Bertz CT molecular complexity index is 630. The van der Waals surface area contributed by atoms with E-state index in [9.17, 15) is 4.79 Å². The molecular weight excluding hydrogens is 232 g/mol. The van der Waals surface area contributed by atoms with E-state index in [0.717, 1.165) is 24.2 Å². The first-order chi connectivity index (χ1) is 8.74. The van der Waals surface area contributed by atoms with Crippen LogP contribution in [-0.4, -0.2) is 26.3 Å². The zero-order valence-corrected chi connectivity index (χ0v) is 9.89. The van der Waals surface area contributed by atoms with Crippen LogP contribution >= 0.6 is 0 Å². The fraction of sp³-hybridized carbons (Fsp3) is 0.308. The molecule has 0 saturated carbocycles. The summed E-state index contributed by atoms with van der Waals surface area (Å²) < 4.78 is 10.5. The molecule has 2 aromatic rings. The summed E-state index contributed by atoms with van der Waals surface area (Å²) in [5, 5.41) is 0.908. The number of nitrogen functional groups attached to an aromatic ring is 1. The zero-order valence-electron chi connectivity index (χ0n) is 9.89. The van der Waals surface area contributed by atoms with E-state index in [2.05, 4.69) is 4.90 Å². The van der Waals surface area contributed by atoms with Gasteiger partial charge in [-0.25, -0.2) is 4.79 Å². The monoisotopic (exact) mass is 246 g/mol. The molecule has 0 unspecified atom stereocenters. The number of morpholine rings is 1. The Labute approximate surface area is 104 Å². The fourth-order valence-electron chi connectivity index (χ4n) is 2.23. The molecule has 1 aliphatic rings. The largest absolute Gasteiger partial charge is 0.423 e. The third-order valence-electron chi connectivity index (χ3n) is 3.10. The van der Waals surface area contributed by atoms with E-state index in [-0.39, 0.29) is 5.63 Å². The predicted molar refractivity (Wildman–Crippen MR) is 69.9 cm³/mol. The molecule has 0 spiro atoms. The summed E-state index contributed by atoms with van der Waals surface area (Å²) in [6.07, 6.45) is 0. The van der Waals surface area contributed by atoms with E-state index in [1.54, 1.807) is 6.07 Å². The lowest BCUT2D eigenvalue weighted by Crippen LogP contribution is -2.36. The molecule has 3 rings (SSSR count). The van der Waals surface area contributed by atoms with Gasteiger partial charge in [-0.05, 0) is 12.1 Å². The summed E-state index contributed by atoms with van der Waals surface area (Å²) in [4.78, 5) is 13.7. The summed E-state index contributed by atoms with van der Waals surface area (Å²) >= 11 is 0. The number of nitrogens with two attached hydrogens (primary N) is 1. The lowest BCUT2D eigenvalue weighted by Gasteiger charge is -2.29. The molecule has 2 N–H and O–H groups in total. The zero-order chi connectivity index (χ0) is 12.5. The highest BCUT2D eigenvalue weighted by Crippen LogP contribution is 2.27. The molecule has 94 valence electrons. The number of hydrogen-bond acceptors (Lipinski definition) is 5. The van der Waals surface area contributed by atoms with E-state index in [0.29, 0.717) is 24.5 Å². The van der Waals surface area contributed by atoms with Gasteiger partial charge in [0.2, 0.25) is 0 Å². The van der Waals surface area contributed by atoms with Gasteiger partial charge in [-0.3, -0.25) is 0 Å². The molecule has 5 nitrogen and oxygen atoms in total. The Morgan fingerprint density at radius 1 is 1.17 bits per heavy atom. The van der Waals surface area contributed by atoms with Crippen molar-refractivity contribution < 1.29 is 9.15 Å². The standard InChI is InChI=1S/C13H14N2O3/c14-9-1-2-10-11(15-3-5-17-6-4-15)8-13(16)18-12(10)7-9/h1-2,7-8H,3-6,14H2. The first-order valence-electron chi connectivity index (χ1n) is 5.90. The Balaban J connectivity index is 2.17. The molecule has 2 heterocycles. The number of ether oxygens (including phenoxy) is 1. The molecular formula is C13H14N2O3. The quantitative estimate of drug-likeness (QED) is 0.605. The van der Waals surface area contributed by atoms with Crippen LogP contribution in [0.4, 0.5) is 11.4 Å². The van der Waals surface area contributed by atoms with Gasteiger partial charge >= 0.3 is 5.63 Å². The molecule has 1 fully saturated rings. The highest BCUT2D eigenvalue weighted by Gasteiger charge is 2.15. The van der Waals surface area contributed by atoms with Crippen LogP contribution in [0, 0.1) is 0 Å². The molecule has 1 aromatic carbocycles. The summed E-state index contributed by atoms with van der Waals surface area (Å²) in [5.41, 5.74) is 7.37. The van der Waals surface area contributed by atoms with Gasteiger partial charge in [-0.1, -0.05) is 0 Å². The number of benzene rings is 1. The van der Waals surface area contributed by atoms with Gasteiger partial charge < -0.3 is 19.8 Å². The molecule has 18 heavy (non-hydrogen) atoms. The summed E-state index contributed by atoms with van der Waals surface area (Å²) in [6.45, 7) is 2.92. The Hall–Kier alpha value is -2.01. The maximum Gasteiger partial charge on any atom is 0.338 e. The van der Waals surface area contributed by atoms with Crippen molar-refractivity contribution in [3.8, 4) is 0 Å². The van der Waals surface area contributed by atoms with Crippen molar-refractivity contribution in [3.63, 3.8) is 0 Å². The minimum atomic E-state index is -0.352. The van der Waals surface area contributed by atoms with E-state index < -0.39 is 0 Å². The normalized spacial score (nSPS) is 16.1. The maximum atomic E-state index is 11.6. The number of fused-ring (bicyclic) bond motifs is 1. The van der Waals surface area contributed by atoms with Crippen LogP contribution in [0.1, 0.15) is 0 Å². The number of rotatable bonds is 1. The van der Waals surface area contributed by atoms with Crippen LogP contribution in [0.2, 0.25) is 0 Å². The van der Waals surface area contributed by atoms with Gasteiger partial charge in [0.15, 0.2) is 0 Å². The van der Waals surface area contributed by atoms with Crippen LogP contribution in [0.5, 0.6) is 0 Å². The predicted octanol–water partition coefficient (Wildman–Crippen LogP) is 1.21. The topological polar surface area (TPSA) is 68.7 Å². The Kier molecular flexibility index (Phi) is 2.68. The van der Waals surface area contributed by atoms with Crippen molar-refractivity contribution in [2.45, 2.75) is 0 Å². The van der Waals surface area contributed by atoms with Gasteiger partial charge in [0.05, 0.1) is 18.9 Å². The van der Waals surface area contributed by atoms with Crippen molar-refractivity contribution in [1.82, 2.24) is 0 Å². The number of nitrogens with zero attached hydrogens (tertiary/aromatic N) is 1.